The zero-order valence-electron chi connectivity index (χ0n) is 24.9. The maximum Gasteiger partial charge on any atom is 0.439 e. The maximum absolute atomic E-state index is 13.9. The summed E-state index contributed by atoms with van der Waals surface area (Å²) < 4.78 is 11.8. The molecule has 44 heavy (non-hydrogen) atoms. The summed E-state index contributed by atoms with van der Waals surface area (Å²) in [5.41, 5.74) is 5.78. The van der Waals surface area contributed by atoms with Gasteiger partial charge in [0.1, 0.15) is 5.82 Å². The van der Waals surface area contributed by atoms with Crippen molar-refractivity contribution in [3.05, 3.63) is 128 Å². The van der Waals surface area contributed by atoms with E-state index in [0.717, 1.165) is 52.8 Å². The largest absolute Gasteiger partial charge is 0.439 e. The average Bonchev–Trinajstić information content (AvgIpc) is 3.70. The number of aromatic nitrogens is 6. The van der Waals surface area contributed by atoms with E-state index in [2.05, 4.69) is 27.2 Å². The number of H-pyrrole nitrogens is 1. The first-order valence-corrected chi connectivity index (χ1v) is 14.2. The van der Waals surface area contributed by atoms with Gasteiger partial charge in [-0.05, 0) is 48.6 Å². The fourth-order valence-electron chi connectivity index (χ4n) is 5.12. The molecule has 3 aromatic heterocycles. The van der Waals surface area contributed by atoms with Gasteiger partial charge in [0.2, 0.25) is 0 Å². The van der Waals surface area contributed by atoms with E-state index >= 15 is 0 Å². The number of aryl methyl sites for hydroxylation is 2. The molecule has 0 saturated carbocycles. The van der Waals surface area contributed by atoms with Gasteiger partial charge in [-0.3, -0.25) is 18.9 Å². The molecule has 0 aliphatic rings. The van der Waals surface area contributed by atoms with Crippen LogP contribution in [-0.4, -0.2) is 81.2 Å². The van der Waals surface area contributed by atoms with Gasteiger partial charge in [0, 0.05) is 74.5 Å². The minimum Gasteiger partial charge on any atom is -0.334 e. The Morgan fingerprint density at radius 2 is 1.55 bits per heavy atom. The molecule has 3 heterocycles. The molecule has 1 N–H and O–H groups in total. The third-order valence-electron chi connectivity index (χ3n) is 7.36. The normalized spacial score (nSPS) is 11.0. The molecule has 6 rings (SSSR count). The molecule has 0 atom stereocenters. The van der Waals surface area contributed by atoms with Crippen molar-refractivity contribution >= 4 is 51.4 Å². The molecule has 0 fully saturated rings. The Balaban J connectivity index is 0.00000384. The van der Waals surface area contributed by atoms with Gasteiger partial charge in [0.25, 0.3) is 11.4 Å². The van der Waals surface area contributed by atoms with Crippen LogP contribution in [0.25, 0.3) is 34.0 Å². The van der Waals surface area contributed by atoms with Crippen molar-refractivity contribution < 1.29 is 9.05 Å². The summed E-state index contributed by atoms with van der Waals surface area (Å²) in [6, 6.07) is 25.2. The summed E-state index contributed by atoms with van der Waals surface area (Å²) in [5, 5.41) is 7.97. The molecule has 0 aliphatic heterocycles. The monoisotopic (exact) mass is 613 g/mol. The van der Waals surface area contributed by atoms with Crippen LogP contribution in [0.2, 0.25) is 0 Å². The van der Waals surface area contributed by atoms with Gasteiger partial charge in [0.05, 0.1) is 12.2 Å². The third kappa shape index (κ3) is 6.97. The molecule has 0 saturated heterocycles. The smallest absolute Gasteiger partial charge is 0.334 e. The molecule has 6 aromatic rings. The molecule has 10 nitrogen and oxygen atoms in total. The van der Waals surface area contributed by atoms with Crippen molar-refractivity contribution in [3.8, 4) is 34.0 Å². The number of rotatable bonds is 10. The van der Waals surface area contributed by atoms with E-state index in [4.69, 9.17) is 14.0 Å². The quantitative estimate of drug-likeness (QED) is 0.208. The van der Waals surface area contributed by atoms with Gasteiger partial charge in [-0.15, -0.1) is 0 Å². The zero-order valence-corrected chi connectivity index (χ0v) is 28.0. The molecule has 0 amide bonds. The SMILES string of the molecule is CCCCc1nc(C)n(Cc2noc(-c3ccccc3)n2)c(=O)c1Cc1ccc(-c2ccccc2-c2noc(=O)[nH]2)cc1.[K]. The maximum atomic E-state index is 13.9. The van der Waals surface area contributed by atoms with E-state index < -0.39 is 5.76 Å². The number of aromatic amines is 1. The van der Waals surface area contributed by atoms with Crippen LogP contribution in [0.3, 0.4) is 0 Å². The Hall–Kier alpha value is -3.74. The Labute approximate surface area is 296 Å². The van der Waals surface area contributed by atoms with E-state index in [-0.39, 0.29) is 63.5 Å². The Morgan fingerprint density at radius 3 is 2.25 bits per heavy atom. The molecular weight excluding hydrogens is 583 g/mol. The van der Waals surface area contributed by atoms with Gasteiger partial charge >= 0.3 is 5.76 Å². The summed E-state index contributed by atoms with van der Waals surface area (Å²) in [7, 11) is 0. The summed E-state index contributed by atoms with van der Waals surface area (Å²) in [5.74, 6) is 1.20. The summed E-state index contributed by atoms with van der Waals surface area (Å²) >= 11 is 0. The van der Waals surface area contributed by atoms with Crippen LogP contribution in [-0.2, 0) is 19.4 Å². The number of unbranched alkanes of at least 4 members (excludes halogenated alkanes) is 1. The van der Waals surface area contributed by atoms with Gasteiger partial charge in [-0.25, -0.2) is 9.78 Å². The zero-order chi connectivity index (χ0) is 29.8. The van der Waals surface area contributed by atoms with E-state index in [1.165, 1.54) is 0 Å². The first-order valence-electron chi connectivity index (χ1n) is 14.2. The summed E-state index contributed by atoms with van der Waals surface area (Å²) in [4.78, 5) is 37.5. The number of benzene rings is 3. The molecule has 0 unspecified atom stereocenters. The fraction of sp³-hybridized carbons (Fsp3) is 0.212. The van der Waals surface area contributed by atoms with Crippen LogP contribution in [0.4, 0.5) is 0 Å². The Bertz CT molecular complexity index is 1980. The second-order valence-corrected chi connectivity index (χ2v) is 10.3. The van der Waals surface area contributed by atoms with Crippen molar-refractivity contribution in [3.63, 3.8) is 0 Å². The van der Waals surface area contributed by atoms with Crippen LogP contribution in [0.1, 0.15) is 48.2 Å². The fourth-order valence-corrected chi connectivity index (χ4v) is 5.12. The van der Waals surface area contributed by atoms with Crippen molar-refractivity contribution in [2.75, 3.05) is 0 Å². The molecule has 0 aliphatic carbocycles. The number of hydrogen-bond donors (Lipinski definition) is 1. The van der Waals surface area contributed by atoms with Gasteiger partial charge in [0.15, 0.2) is 11.6 Å². The number of hydrogen-bond acceptors (Lipinski definition) is 8. The minimum absolute atomic E-state index is 0. The van der Waals surface area contributed by atoms with Gasteiger partial charge < -0.3 is 4.52 Å². The standard InChI is InChI=1S/C33H30N6O4.K/c1-3-4-14-28-27(32(40)39(21(2)34-28)20-29-35-31(42-37-29)24-10-6-5-7-11-24)19-22-15-17-23(18-16-22)25-12-8-9-13-26(25)30-36-33(41)43-38-30;/h5-13,15-18H,3-4,14,19-20H2,1-2H3,(H,36,38,41);. The van der Waals surface area contributed by atoms with Crippen molar-refractivity contribution in [2.45, 2.75) is 46.1 Å². The van der Waals surface area contributed by atoms with E-state index in [9.17, 15) is 9.59 Å². The second kappa shape index (κ2) is 14.4. The third-order valence-corrected chi connectivity index (χ3v) is 7.36. The van der Waals surface area contributed by atoms with Crippen molar-refractivity contribution in [2.24, 2.45) is 0 Å². The molecule has 1 radical (unpaired) electrons. The van der Waals surface area contributed by atoms with E-state index in [1.54, 1.807) is 4.57 Å². The summed E-state index contributed by atoms with van der Waals surface area (Å²) in [6.07, 6.45) is 3.10. The Morgan fingerprint density at radius 1 is 0.818 bits per heavy atom. The molecular formula is C33H30KN6O4. The van der Waals surface area contributed by atoms with Crippen LogP contribution < -0.4 is 11.3 Å². The van der Waals surface area contributed by atoms with Crippen molar-refractivity contribution in [1.29, 1.82) is 0 Å². The van der Waals surface area contributed by atoms with Gasteiger partial charge in [-0.1, -0.05) is 90.4 Å². The van der Waals surface area contributed by atoms with E-state index in [1.807, 2.05) is 85.8 Å². The molecule has 0 spiro atoms. The second-order valence-electron chi connectivity index (χ2n) is 10.3. The first-order chi connectivity index (χ1) is 21.0. The van der Waals surface area contributed by atoms with Gasteiger partial charge in [-0.2, -0.15) is 4.98 Å². The minimum atomic E-state index is -0.604. The first kappa shape index (κ1) is 31.7. The van der Waals surface area contributed by atoms with Crippen LogP contribution >= 0.6 is 0 Å². The predicted octanol–water partition coefficient (Wildman–Crippen LogP) is 5.21. The molecule has 0 bridgehead atoms. The summed E-state index contributed by atoms with van der Waals surface area (Å²) in [6.45, 7) is 4.13. The van der Waals surface area contributed by atoms with Crippen LogP contribution in [0.15, 0.2) is 97.5 Å². The predicted molar refractivity (Wildman–Crippen MR) is 167 cm³/mol. The average molecular weight is 614 g/mol. The topological polar surface area (TPSA) is 133 Å². The van der Waals surface area contributed by atoms with E-state index in [0.29, 0.717) is 35.3 Å². The van der Waals surface area contributed by atoms with Crippen LogP contribution in [0.5, 0.6) is 0 Å². The Kier molecular flexibility index (Phi) is 10.3. The van der Waals surface area contributed by atoms with Crippen LogP contribution in [0, 0.1) is 6.92 Å². The molecule has 3 aromatic carbocycles. The number of nitrogens with zero attached hydrogens (tertiary/aromatic N) is 5. The molecule has 11 heteroatoms. The number of nitrogens with one attached hydrogen (secondary N) is 1. The molecule has 217 valence electrons. The van der Waals surface area contributed by atoms with Crippen molar-refractivity contribution in [1.82, 2.24) is 29.8 Å².